The number of amides is 1. The number of thiazole rings is 1. The molecule has 0 N–H and O–H groups in total. The molecule has 164 valence electrons. The van der Waals surface area contributed by atoms with Gasteiger partial charge in [-0.2, -0.15) is 0 Å². The van der Waals surface area contributed by atoms with Crippen molar-refractivity contribution >= 4 is 67.7 Å². The molecule has 4 aromatic rings. The van der Waals surface area contributed by atoms with E-state index in [0.29, 0.717) is 27.8 Å². The highest BCUT2D eigenvalue weighted by Crippen LogP contribution is 2.31. The molecule has 0 aliphatic rings. The van der Waals surface area contributed by atoms with Crippen LogP contribution in [0.1, 0.15) is 6.42 Å². The summed E-state index contributed by atoms with van der Waals surface area (Å²) in [6.45, 7) is 1.21. The van der Waals surface area contributed by atoms with Crippen LogP contribution in [-0.4, -0.2) is 47.5 Å². The fraction of sp³-hybridized carbons (Fsp3) is 0.286. The Morgan fingerprint density at radius 1 is 1.19 bits per heavy atom. The maximum Gasteiger partial charge on any atom is 0.420 e. The van der Waals surface area contributed by atoms with Crippen molar-refractivity contribution in [2.45, 2.75) is 13.0 Å². The molecular weight excluding hydrogens is 459 g/mol. The Morgan fingerprint density at radius 2 is 1.97 bits per heavy atom. The highest BCUT2D eigenvalue weighted by Gasteiger charge is 2.22. The number of halogens is 2. The normalized spacial score (nSPS) is 11.2. The van der Waals surface area contributed by atoms with Crippen LogP contribution in [0.25, 0.3) is 21.3 Å². The van der Waals surface area contributed by atoms with E-state index in [4.69, 9.17) is 16.0 Å². The molecule has 0 saturated carbocycles. The van der Waals surface area contributed by atoms with Crippen LogP contribution in [-0.2, 0) is 11.3 Å². The molecule has 10 heteroatoms. The number of nitrogens with zero attached hydrogens (tertiary/aromatic N) is 4. The Hall–Kier alpha value is -2.39. The van der Waals surface area contributed by atoms with Crippen LogP contribution in [0.5, 0.6) is 0 Å². The zero-order valence-electron chi connectivity index (χ0n) is 17.1. The summed E-state index contributed by atoms with van der Waals surface area (Å²) < 4.78 is 7.53. The van der Waals surface area contributed by atoms with Crippen LogP contribution in [0.4, 0.5) is 5.13 Å². The third kappa shape index (κ3) is 5.10. The molecule has 0 unspecified atom stereocenters. The van der Waals surface area contributed by atoms with Crippen LogP contribution < -0.4 is 10.7 Å². The number of rotatable bonds is 7. The summed E-state index contributed by atoms with van der Waals surface area (Å²) in [5.41, 5.74) is 1.85. The van der Waals surface area contributed by atoms with Crippen LogP contribution in [0, 0.1) is 0 Å². The summed E-state index contributed by atoms with van der Waals surface area (Å²) in [4.78, 5) is 33.9. The van der Waals surface area contributed by atoms with E-state index < -0.39 is 5.76 Å². The second kappa shape index (κ2) is 9.82. The first-order valence-corrected chi connectivity index (χ1v) is 10.7. The van der Waals surface area contributed by atoms with Gasteiger partial charge in [0.2, 0.25) is 5.91 Å². The fourth-order valence-electron chi connectivity index (χ4n) is 3.26. The second-order valence-electron chi connectivity index (χ2n) is 7.23. The first-order valence-electron chi connectivity index (χ1n) is 9.52. The molecule has 0 spiro atoms. The minimum absolute atomic E-state index is 0. The molecule has 1 amide bonds. The summed E-state index contributed by atoms with van der Waals surface area (Å²) in [5.74, 6) is -0.763. The molecule has 0 bridgehead atoms. The van der Waals surface area contributed by atoms with Crippen LogP contribution in [0.2, 0.25) is 5.02 Å². The third-order valence-electron chi connectivity index (χ3n) is 4.73. The molecule has 0 aliphatic carbocycles. The second-order valence-corrected chi connectivity index (χ2v) is 8.68. The predicted molar refractivity (Wildman–Crippen MR) is 128 cm³/mol. The van der Waals surface area contributed by atoms with E-state index in [1.165, 1.54) is 15.9 Å². The maximum atomic E-state index is 13.3. The van der Waals surface area contributed by atoms with Gasteiger partial charge in [-0.25, -0.2) is 9.78 Å². The van der Waals surface area contributed by atoms with E-state index in [0.717, 1.165) is 23.2 Å². The summed E-state index contributed by atoms with van der Waals surface area (Å²) in [7, 11) is 3.98. The summed E-state index contributed by atoms with van der Waals surface area (Å²) in [6, 6.07) is 12.5. The van der Waals surface area contributed by atoms with Crippen molar-refractivity contribution in [2.75, 3.05) is 32.1 Å². The van der Waals surface area contributed by atoms with Gasteiger partial charge in [-0.1, -0.05) is 35.1 Å². The Morgan fingerprint density at radius 3 is 2.74 bits per heavy atom. The predicted octanol–water partition coefficient (Wildman–Crippen LogP) is 4.26. The molecular formula is C21H22Cl2N4O3S. The molecule has 0 radical (unpaired) electrons. The van der Waals surface area contributed by atoms with Gasteiger partial charge in [0.05, 0.1) is 15.7 Å². The van der Waals surface area contributed by atoms with Gasteiger partial charge in [0.1, 0.15) is 6.54 Å². The SMILES string of the molecule is CN(C)CCCN(C(=O)Cn1c(=O)oc2ccccc21)c1nc2ccc(Cl)cc2s1.Cl. The van der Waals surface area contributed by atoms with Gasteiger partial charge in [0, 0.05) is 11.6 Å². The monoisotopic (exact) mass is 480 g/mol. The smallest absolute Gasteiger partial charge is 0.408 e. The van der Waals surface area contributed by atoms with Gasteiger partial charge in [0.25, 0.3) is 0 Å². The standard InChI is InChI=1S/C21H21ClN4O3S.ClH/c1-24(2)10-5-11-25(20-23-15-9-8-14(22)12-18(15)30-20)19(27)13-26-16-6-3-4-7-17(16)29-21(26)28;/h3-4,6-9,12H,5,10-11,13H2,1-2H3;1H. The topological polar surface area (TPSA) is 71.6 Å². The van der Waals surface area contributed by atoms with E-state index >= 15 is 0 Å². The van der Waals surface area contributed by atoms with Crippen molar-refractivity contribution in [3.63, 3.8) is 0 Å². The van der Waals surface area contributed by atoms with Crippen molar-refractivity contribution in [3.8, 4) is 0 Å². The van der Waals surface area contributed by atoms with Gasteiger partial charge < -0.3 is 9.32 Å². The number of carbonyl (C=O) groups is 1. The number of oxazole rings is 1. The van der Waals surface area contributed by atoms with Gasteiger partial charge in [-0.15, -0.1) is 12.4 Å². The van der Waals surface area contributed by atoms with Gasteiger partial charge in [0.15, 0.2) is 10.7 Å². The zero-order chi connectivity index (χ0) is 21.3. The van der Waals surface area contributed by atoms with E-state index in [1.54, 1.807) is 29.2 Å². The number of para-hydroxylation sites is 2. The van der Waals surface area contributed by atoms with Crippen LogP contribution in [0.15, 0.2) is 51.7 Å². The molecule has 0 fully saturated rings. The van der Waals surface area contributed by atoms with E-state index in [9.17, 15) is 9.59 Å². The fourth-order valence-corrected chi connectivity index (χ4v) is 4.54. The number of carbonyl (C=O) groups excluding carboxylic acids is 1. The summed E-state index contributed by atoms with van der Waals surface area (Å²) in [6.07, 6.45) is 0.774. The first kappa shape index (κ1) is 23.3. The maximum absolute atomic E-state index is 13.3. The summed E-state index contributed by atoms with van der Waals surface area (Å²) in [5, 5.41) is 1.22. The average molecular weight is 481 g/mol. The van der Waals surface area contributed by atoms with E-state index in [-0.39, 0.29) is 24.9 Å². The van der Waals surface area contributed by atoms with Gasteiger partial charge in [-0.05, 0) is 57.4 Å². The summed E-state index contributed by atoms with van der Waals surface area (Å²) >= 11 is 7.51. The largest absolute Gasteiger partial charge is 0.420 e. The molecule has 2 aromatic heterocycles. The quantitative estimate of drug-likeness (QED) is 0.395. The van der Waals surface area contributed by atoms with Gasteiger partial charge >= 0.3 is 5.76 Å². The zero-order valence-corrected chi connectivity index (χ0v) is 19.5. The minimum Gasteiger partial charge on any atom is -0.408 e. The van der Waals surface area contributed by atoms with Crippen molar-refractivity contribution in [2.24, 2.45) is 0 Å². The lowest BCUT2D eigenvalue weighted by Crippen LogP contribution is -2.37. The molecule has 0 saturated heterocycles. The molecule has 7 nitrogen and oxygen atoms in total. The third-order valence-corrected chi connectivity index (χ3v) is 6.00. The number of hydrogen-bond acceptors (Lipinski definition) is 6. The Kier molecular flexibility index (Phi) is 7.38. The van der Waals surface area contributed by atoms with E-state index in [2.05, 4.69) is 9.88 Å². The molecule has 0 atom stereocenters. The number of aromatic nitrogens is 2. The lowest BCUT2D eigenvalue weighted by atomic mass is 10.3. The van der Waals surface area contributed by atoms with Crippen LogP contribution in [0.3, 0.4) is 0 Å². The van der Waals surface area contributed by atoms with E-state index in [1.807, 2.05) is 32.3 Å². The molecule has 0 aliphatic heterocycles. The van der Waals surface area contributed by atoms with Crippen LogP contribution >= 0.6 is 35.3 Å². The number of anilines is 1. The Labute approximate surface area is 194 Å². The van der Waals surface area contributed by atoms with Crippen molar-refractivity contribution in [1.29, 1.82) is 0 Å². The highest BCUT2D eigenvalue weighted by molar-refractivity contribution is 7.22. The molecule has 2 heterocycles. The average Bonchev–Trinajstić information content (AvgIpc) is 3.25. The highest BCUT2D eigenvalue weighted by atomic mass is 35.5. The number of fused-ring (bicyclic) bond motifs is 2. The van der Waals surface area contributed by atoms with Crippen molar-refractivity contribution < 1.29 is 9.21 Å². The molecule has 4 rings (SSSR count). The Bertz CT molecular complexity index is 1260. The van der Waals surface area contributed by atoms with Gasteiger partial charge in [-0.3, -0.25) is 14.3 Å². The first-order chi connectivity index (χ1) is 14.4. The molecule has 31 heavy (non-hydrogen) atoms. The van der Waals surface area contributed by atoms with Crippen molar-refractivity contribution in [3.05, 3.63) is 58.0 Å². The number of benzene rings is 2. The molecule has 2 aromatic carbocycles. The number of hydrogen-bond donors (Lipinski definition) is 0. The minimum atomic E-state index is -0.547. The Balaban J connectivity index is 0.00000272. The lowest BCUT2D eigenvalue weighted by Gasteiger charge is -2.21. The van der Waals surface area contributed by atoms with Crippen molar-refractivity contribution in [1.82, 2.24) is 14.5 Å². The lowest BCUT2D eigenvalue weighted by molar-refractivity contribution is -0.119.